The normalized spacial score (nSPS) is 25.1. The Hall–Kier alpha value is -0.840. The molecule has 0 radical (unpaired) electrons. The first-order valence-electron chi connectivity index (χ1n) is 7.23. The molecule has 2 atom stereocenters. The first-order chi connectivity index (χ1) is 9.83. The molecule has 2 aliphatic rings. The number of thiazole rings is 1. The van der Waals surface area contributed by atoms with Crippen molar-refractivity contribution in [2.24, 2.45) is 0 Å². The summed E-state index contributed by atoms with van der Waals surface area (Å²) < 4.78 is 0. The first kappa shape index (κ1) is 12.9. The number of hydrogen-bond donors (Lipinski definition) is 1. The van der Waals surface area contributed by atoms with Crippen molar-refractivity contribution in [1.29, 1.82) is 0 Å². The highest BCUT2D eigenvalue weighted by Gasteiger charge is 2.27. The van der Waals surface area contributed by atoms with E-state index in [1.165, 1.54) is 32.5 Å². The van der Waals surface area contributed by atoms with Crippen molar-refractivity contribution >= 4 is 23.1 Å². The van der Waals surface area contributed by atoms with Gasteiger partial charge < -0.3 is 5.32 Å². The highest BCUT2D eigenvalue weighted by Crippen LogP contribution is 2.42. The third kappa shape index (κ3) is 2.10. The van der Waals surface area contributed by atoms with Gasteiger partial charge in [-0.1, -0.05) is 31.2 Å². The number of nitrogens with zero attached hydrogens (tertiary/aromatic N) is 1. The monoisotopic (exact) mass is 302 g/mol. The van der Waals surface area contributed by atoms with E-state index in [2.05, 4.69) is 36.5 Å². The molecular formula is C16H18N2S2. The molecule has 2 heterocycles. The largest absolute Gasteiger partial charge is 0.306 e. The topological polar surface area (TPSA) is 24.9 Å². The smallest absolute Gasteiger partial charge is 0.111 e. The summed E-state index contributed by atoms with van der Waals surface area (Å²) in [5.74, 6) is 2.99. The molecule has 0 bridgehead atoms. The number of benzene rings is 1. The molecule has 1 aromatic carbocycles. The third-order valence-electron chi connectivity index (χ3n) is 4.17. The highest BCUT2D eigenvalue weighted by molar-refractivity contribution is 7.99. The number of nitrogens with one attached hydrogen (secondary N) is 1. The molecular weight excluding hydrogens is 284 g/mol. The molecule has 4 rings (SSSR count). The molecule has 2 nitrogen and oxygen atoms in total. The van der Waals surface area contributed by atoms with Gasteiger partial charge in [0.15, 0.2) is 0 Å². The molecule has 1 fully saturated rings. The number of fused-ring (bicyclic) bond motifs is 3. The summed E-state index contributed by atoms with van der Waals surface area (Å²) in [5.41, 5.74) is 4.06. The quantitative estimate of drug-likeness (QED) is 0.866. The second kappa shape index (κ2) is 5.17. The molecule has 1 aliphatic carbocycles. The van der Waals surface area contributed by atoms with E-state index < -0.39 is 0 Å². The molecule has 20 heavy (non-hydrogen) atoms. The maximum atomic E-state index is 4.99. The van der Waals surface area contributed by atoms with E-state index in [0.717, 1.165) is 18.7 Å². The Morgan fingerprint density at radius 2 is 2.20 bits per heavy atom. The standard InChI is InChI=1S/C16H18N2S2/c1-10-8-14-15(12-5-3-2-4-11(10)12)18-16(20-14)13-9-19-7-6-17-13/h2-5,10,13,17H,6-9H2,1H3. The average Bonchev–Trinajstić information content (AvgIpc) is 2.93. The minimum atomic E-state index is 0.451. The van der Waals surface area contributed by atoms with Crippen LogP contribution >= 0.6 is 23.1 Å². The average molecular weight is 302 g/mol. The fourth-order valence-corrected chi connectivity index (χ4v) is 5.45. The second-order valence-electron chi connectivity index (χ2n) is 5.60. The minimum absolute atomic E-state index is 0.451. The molecule has 4 heteroatoms. The van der Waals surface area contributed by atoms with Crippen LogP contribution in [-0.4, -0.2) is 23.0 Å². The van der Waals surface area contributed by atoms with E-state index in [1.807, 2.05) is 23.1 Å². The van der Waals surface area contributed by atoms with Gasteiger partial charge in [-0.05, 0) is 17.9 Å². The fourth-order valence-electron chi connectivity index (χ4n) is 3.12. The maximum absolute atomic E-state index is 4.99. The first-order valence-corrected chi connectivity index (χ1v) is 9.20. The van der Waals surface area contributed by atoms with Gasteiger partial charge >= 0.3 is 0 Å². The minimum Gasteiger partial charge on any atom is -0.306 e. The van der Waals surface area contributed by atoms with Crippen LogP contribution in [0.5, 0.6) is 0 Å². The molecule has 2 aromatic rings. The van der Waals surface area contributed by atoms with Gasteiger partial charge in [0.1, 0.15) is 5.01 Å². The summed E-state index contributed by atoms with van der Waals surface area (Å²) >= 11 is 3.96. The fraction of sp³-hybridized carbons (Fsp3) is 0.438. The lowest BCUT2D eigenvalue weighted by Gasteiger charge is -2.21. The van der Waals surface area contributed by atoms with Gasteiger partial charge in [0, 0.05) is 28.5 Å². The van der Waals surface area contributed by atoms with Crippen LogP contribution in [0.4, 0.5) is 0 Å². The lowest BCUT2D eigenvalue weighted by atomic mass is 9.86. The van der Waals surface area contributed by atoms with Gasteiger partial charge in [0.05, 0.1) is 11.7 Å². The predicted molar refractivity (Wildman–Crippen MR) is 87.7 cm³/mol. The molecule has 0 spiro atoms. The molecule has 2 unspecified atom stereocenters. The zero-order valence-electron chi connectivity index (χ0n) is 11.6. The van der Waals surface area contributed by atoms with E-state index >= 15 is 0 Å². The molecule has 1 saturated heterocycles. The maximum Gasteiger partial charge on any atom is 0.111 e. The van der Waals surface area contributed by atoms with Crippen LogP contribution in [-0.2, 0) is 6.42 Å². The zero-order chi connectivity index (χ0) is 13.5. The molecule has 104 valence electrons. The second-order valence-corrected chi connectivity index (χ2v) is 7.86. The Balaban J connectivity index is 1.76. The summed E-state index contributed by atoms with van der Waals surface area (Å²) in [6, 6.07) is 9.22. The van der Waals surface area contributed by atoms with Crippen LogP contribution in [0.1, 0.15) is 34.3 Å². The van der Waals surface area contributed by atoms with Crippen molar-refractivity contribution in [3.8, 4) is 11.3 Å². The van der Waals surface area contributed by atoms with Crippen molar-refractivity contribution in [2.75, 3.05) is 18.1 Å². The summed E-state index contributed by atoms with van der Waals surface area (Å²) in [6.45, 7) is 3.43. The Labute approximate surface area is 128 Å². The van der Waals surface area contributed by atoms with Crippen molar-refractivity contribution < 1.29 is 0 Å². The van der Waals surface area contributed by atoms with E-state index in [1.54, 1.807) is 0 Å². The van der Waals surface area contributed by atoms with Gasteiger partial charge in [-0.15, -0.1) is 11.3 Å². The summed E-state index contributed by atoms with van der Waals surface area (Å²) in [5, 5.41) is 4.89. The van der Waals surface area contributed by atoms with E-state index in [-0.39, 0.29) is 0 Å². The Morgan fingerprint density at radius 1 is 1.30 bits per heavy atom. The van der Waals surface area contributed by atoms with Crippen molar-refractivity contribution in [2.45, 2.75) is 25.3 Å². The third-order valence-corrected chi connectivity index (χ3v) is 6.43. The lowest BCUT2D eigenvalue weighted by Crippen LogP contribution is -2.30. The predicted octanol–water partition coefficient (Wildman–Crippen LogP) is 3.85. The van der Waals surface area contributed by atoms with E-state index in [4.69, 9.17) is 4.98 Å². The van der Waals surface area contributed by atoms with Crippen molar-refractivity contribution in [3.63, 3.8) is 0 Å². The Kier molecular flexibility index (Phi) is 3.33. The SMILES string of the molecule is CC1Cc2sc(C3CSCCN3)nc2-c2ccccc21. The van der Waals surface area contributed by atoms with Crippen LogP contribution in [0.3, 0.4) is 0 Å². The highest BCUT2D eigenvalue weighted by atomic mass is 32.2. The van der Waals surface area contributed by atoms with E-state index in [0.29, 0.717) is 12.0 Å². The molecule has 1 N–H and O–H groups in total. The van der Waals surface area contributed by atoms with Crippen LogP contribution in [0.25, 0.3) is 11.3 Å². The Morgan fingerprint density at radius 3 is 3.05 bits per heavy atom. The van der Waals surface area contributed by atoms with E-state index in [9.17, 15) is 0 Å². The number of thioether (sulfide) groups is 1. The van der Waals surface area contributed by atoms with Crippen LogP contribution in [0, 0.1) is 0 Å². The number of hydrogen-bond acceptors (Lipinski definition) is 4. The lowest BCUT2D eigenvalue weighted by molar-refractivity contribution is 0.592. The molecule has 1 aliphatic heterocycles. The summed E-state index contributed by atoms with van der Waals surface area (Å²) in [4.78, 5) is 6.47. The number of rotatable bonds is 1. The summed E-state index contributed by atoms with van der Waals surface area (Å²) in [6.07, 6.45) is 1.14. The van der Waals surface area contributed by atoms with Crippen LogP contribution < -0.4 is 5.32 Å². The van der Waals surface area contributed by atoms with Gasteiger partial charge in [0.25, 0.3) is 0 Å². The van der Waals surface area contributed by atoms with Gasteiger partial charge in [-0.3, -0.25) is 0 Å². The zero-order valence-corrected chi connectivity index (χ0v) is 13.2. The van der Waals surface area contributed by atoms with Crippen molar-refractivity contribution in [1.82, 2.24) is 10.3 Å². The molecule has 0 saturated carbocycles. The van der Waals surface area contributed by atoms with Crippen LogP contribution in [0.15, 0.2) is 24.3 Å². The van der Waals surface area contributed by atoms with Crippen LogP contribution in [0.2, 0.25) is 0 Å². The summed E-state index contributed by atoms with van der Waals surface area (Å²) in [7, 11) is 0. The number of aromatic nitrogens is 1. The van der Waals surface area contributed by atoms with Crippen molar-refractivity contribution in [3.05, 3.63) is 39.7 Å². The van der Waals surface area contributed by atoms with Gasteiger partial charge in [-0.25, -0.2) is 4.98 Å². The Bertz CT molecular complexity index is 629. The van der Waals surface area contributed by atoms with Gasteiger partial charge in [-0.2, -0.15) is 11.8 Å². The van der Waals surface area contributed by atoms with Gasteiger partial charge in [0.2, 0.25) is 0 Å². The molecule has 1 aromatic heterocycles. The molecule has 0 amide bonds.